The number of aldehydes is 1. The monoisotopic (exact) mass is 276 g/mol. The van der Waals surface area contributed by atoms with Crippen LogP contribution < -0.4 is 11.2 Å². The van der Waals surface area contributed by atoms with Gasteiger partial charge in [0.2, 0.25) is 0 Å². The average molecular weight is 276 g/mol. The molecular weight excluding hydrogens is 263 g/mol. The topological polar surface area (TPSA) is 61.1 Å². The molecule has 0 saturated carbocycles. The first-order valence-electron chi connectivity index (χ1n) is 6.05. The van der Waals surface area contributed by atoms with Crippen LogP contribution >= 0.6 is 0 Å². The third kappa shape index (κ3) is 2.32. The van der Waals surface area contributed by atoms with Gasteiger partial charge in [-0.1, -0.05) is 6.07 Å². The Morgan fingerprint density at radius 1 is 1.25 bits per heavy atom. The largest absolute Gasteiger partial charge is 0.335 e. The van der Waals surface area contributed by atoms with Crippen LogP contribution in [0.5, 0.6) is 0 Å². The van der Waals surface area contributed by atoms with E-state index in [2.05, 4.69) is 0 Å². The third-order valence-electron chi connectivity index (χ3n) is 2.89. The highest BCUT2D eigenvalue weighted by molar-refractivity contribution is 5.73. The quantitative estimate of drug-likeness (QED) is 0.799. The van der Waals surface area contributed by atoms with Crippen molar-refractivity contribution < 1.29 is 9.18 Å². The molecule has 0 aliphatic heterocycles. The van der Waals surface area contributed by atoms with Crippen LogP contribution in [0.1, 0.15) is 30.2 Å². The average Bonchev–Trinajstić information content (AvgIpc) is 2.38. The maximum atomic E-state index is 13.3. The van der Waals surface area contributed by atoms with Crippen LogP contribution in [0.25, 0.3) is 5.69 Å². The first-order chi connectivity index (χ1) is 9.45. The Morgan fingerprint density at radius 2 is 1.95 bits per heavy atom. The van der Waals surface area contributed by atoms with Crippen molar-refractivity contribution in [2.45, 2.75) is 19.9 Å². The molecule has 6 heteroatoms. The molecular formula is C14H13FN2O3. The summed E-state index contributed by atoms with van der Waals surface area (Å²) in [4.78, 5) is 35.4. The van der Waals surface area contributed by atoms with Gasteiger partial charge in [-0.2, -0.15) is 0 Å². The Bertz CT molecular complexity index is 775. The molecule has 0 atom stereocenters. The number of nitrogens with zero attached hydrogens (tertiary/aromatic N) is 2. The zero-order chi connectivity index (χ0) is 14.9. The molecule has 2 aromatic rings. The first-order valence-corrected chi connectivity index (χ1v) is 6.05. The van der Waals surface area contributed by atoms with Crippen LogP contribution in [0.15, 0.2) is 40.1 Å². The van der Waals surface area contributed by atoms with Gasteiger partial charge < -0.3 is 0 Å². The number of benzene rings is 1. The second-order valence-electron chi connectivity index (χ2n) is 4.61. The predicted molar refractivity (Wildman–Crippen MR) is 72.0 cm³/mol. The van der Waals surface area contributed by atoms with Crippen LogP contribution in [-0.2, 0) is 0 Å². The normalized spacial score (nSPS) is 10.8. The summed E-state index contributed by atoms with van der Waals surface area (Å²) >= 11 is 0. The van der Waals surface area contributed by atoms with Crippen LogP contribution in [0.2, 0.25) is 0 Å². The number of rotatable bonds is 3. The van der Waals surface area contributed by atoms with Gasteiger partial charge in [0.15, 0.2) is 6.29 Å². The van der Waals surface area contributed by atoms with Gasteiger partial charge >= 0.3 is 5.69 Å². The van der Waals surface area contributed by atoms with E-state index < -0.39 is 17.1 Å². The molecule has 20 heavy (non-hydrogen) atoms. The highest BCUT2D eigenvalue weighted by Gasteiger charge is 2.14. The lowest BCUT2D eigenvalue weighted by Crippen LogP contribution is -2.40. The zero-order valence-corrected chi connectivity index (χ0v) is 11.0. The predicted octanol–water partition coefficient (Wildman–Crippen LogP) is 1.53. The van der Waals surface area contributed by atoms with Gasteiger partial charge in [0.1, 0.15) is 5.82 Å². The lowest BCUT2D eigenvalue weighted by atomic mass is 10.2. The smallest absolute Gasteiger partial charge is 0.298 e. The molecule has 0 saturated heterocycles. The van der Waals surface area contributed by atoms with Gasteiger partial charge in [-0.05, 0) is 32.0 Å². The summed E-state index contributed by atoms with van der Waals surface area (Å²) in [6.07, 6.45) is 1.61. The maximum absolute atomic E-state index is 13.3. The Balaban J connectivity index is 2.88. The van der Waals surface area contributed by atoms with Crippen molar-refractivity contribution in [3.63, 3.8) is 0 Å². The fraction of sp³-hybridized carbons (Fsp3) is 0.214. The lowest BCUT2D eigenvalue weighted by Gasteiger charge is -2.14. The molecule has 0 spiro atoms. The number of carbonyl (C=O) groups is 1. The van der Waals surface area contributed by atoms with Crippen molar-refractivity contribution in [2.75, 3.05) is 0 Å². The van der Waals surface area contributed by atoms with Crippen LogP contribution in [0, 0.1) is 5.82 Å². The van der Waals surface area contributed by atoms with Crippen LogP contribution in [-0.4, -0.2) is 15.4 Å². The highest BCUT2D eigenvalue weighted by Crippen LogP contribution is 2.07. The molecule has 0 aliphatic carbocycles. The summed E-state index contributed by atoms with van der Waals surface area (Å²) in [6.45, 7) is 3.49. The fourth-order valence-electron chi connectivity index (χ4n) is 1.89. The molecule has 0 amide bonds. The molecule has 0 radical (unpaired) electrons. The standard InChI is InChI=1S/C14H13FN2O3/c1-9(2)16-7-10(8-18)13(19)17(14(16)20)12-5-3-4-11(15)6-12/h3-9H,1-2H3. The van der Waals surface area contributed by atoms with Gasteiger partial charge in [0.25, 0.3) is 5.56 Å². The van der Waals surface area contributed by atoms with E-state index in [1.807, 2.05) is 0 Å². The first kappa shape index (κ1) is 13.9. The lowest BCUT2D eigenvalue weighted by molar-refractivity contribution is 0.112. The summed E-state index contributed by atoms with van der Waals surface area (Å²) in [7, 11) is 0. The number of hydrogen-bond donors (Lipinski definition) is 0. The summed E-state index contributed by atoms with van der Waals surface area (Å²) in [5.74, 6) is -0.568. The SMILES string of the molecule is CC(C)n1cc(C=O)c(=O)n(-c2cccc(F)c2)c1=O. The molecule has 1 heterocycles. The summed E-state index contributed by atoms with van der Waals surface area (Å²) in [6, 6.07) is 4.87. The molecule has 104 valence electrons. The number of carbonyl (C=O) groups excluding carboxylic acids is 1. The Hall–Kier alpha value is -2.50. The van der Waals surface area contributed by atoms with E-state index in [1.54, 1.807) is 13.8 Å². The van der Waals surface area contributed by atoms with E-state index in [-0.39, 0.29) is 17.3 Å². The van der Waals surface area contributed by atoms with Crippen molar-refractivity contribution >= 4 is 6.29 Å². The second-order valence-corrected chi connectivity index (χ2v) is 4.61. The van der Waals surface area contributed by atoms with Crippen molar-refractivity contribution in [3.8, 4) is 5.69 Å². The van der Waals surface area contributed by atoms with Crippen molar-refractivity contribution in [2.24, 2.45) is 0 Å². The zero-order valence-electron chi connectivity index (χ0n) is 11.0. The highest BCUT2D eigenvalue weighted by atomic mass is 19.1. The summed E-state index contributed by atoms with van der Waals surface area (Å²) in [5, 5.41) is 0. The minimum atomic E-state index is -0.757. The van der Waals surface area contributed by atoms with E-state index in [1.165, 1.54) is 29.0 Å². The number of hydrogen-bond acceptors (Lipinski definition) is 3. The van der Waals surface area contributed by atoms with E-state index in [4.69, 9.17) is 0 Å². The Labute approximate surface area is 113 Å². The van der Waals surface area contributed by atoms with E-state index in [9.17, 15) is 18.8 Å². The maximum Gasteiger partial charge on any atom is 0.335 e. The molecule has 2 rings (SSSR count). The van der Waals surface area contributed by atoms with Gasteiger partial charge in [0.05, 0.1) is 11.3 Å². The van der Waals surface area contributed by atoms with E-state index in [0.29, 0.717) is 6.29 Å². The molecule has 0 N–H and O–H groups in total. The van der Waals surface area contributed by atoms with Gasteiger partial charge in [-0.3, -0.25) is 14.2 Å². The molecule has 1 aromatic heterocycles. The molecule has 0 bridgehead atoms. The summed E-state index contributed by atoms with van der Waals surface area (Å²) in [5.41, 5.74) is -1.42. The third-order valence-corrected chi connectivity index (χ3v) is 2.89. The summed E-state index contributed by atoms with van der Waals surface area (Å²) < 4.78 is 15.3. The van der Waals surface area contributed by atoms with Gasteiger partial charge in [-0.25, -0.2) is 13.8 Å². The fourth-order valence-corrected chi connectivity index (χ4v) is 1.89. The van der Waals surface area contributed by atoms with Crippen molar-refractivity contribution in [1.82, 2.24) is 9.13 Å². The second kappa shape index (κ2) is 5.24. The van der Waals surface area contributed by atoms with Crippen molar-refractivity contribution in [3.05, 3.63) is 62.7 Å². The van der Waals surface area contributed by atoms with E-state index >= 15 is 0 Å². The Kier molecular flexibility index (Phi) is 3.65. The number of halogens is 1. The molecule has 5 nitrogen and oxygen atoms in total. The van der Waals surface area contributed by atoms with Gasteiger partial charge in [0, 0.05) is 12.2 Å². The molecule has 1 aromatic carbocycles. The van der Waals surface area contributed by atoms with Crippen LogP contribution in [0.4, 0.5) is 4.39 Å². The number of aromatic nitrogens is 2. The molecule has 0 aliphatic rings. The van der Waals surface area contributed by atoms with Gasteiger partial charge in [-0.15, -0.1) is 0 Å². The molecule has 0 fully saturated rings. The molecule has 0 unspecified atom stereocenters. The minimum absolute atomic E-state index is 0.0955. The van der Waals surface area contributed by atoms with Crippen LogP contribution in [0.3, 0.4) is 0 Å². The Morgan fingerprint density at radius 3 is 2.50 bits per heavy atom. The van der Waals surface area contributed by atoms with E-state index in [0.717, 1.165) is 10.6 Å². The van der Waals surface area contributed by atoms with Crippen molar-refractivity contribution in [1.29, 1.82) is 0 Å². The minimum Gasteiger partial charge on any atom is -0.298 e.